The lowest BCUT2D eigenvalue weighted by Gasteiger charge is -2.08. The molecule has 0 radical (unpaired) electrons. The van der Waals surface area contributed by atoms with E-state index in [0.717, 1.165) is 28.2 Å². The fourth-order valence-electron chi connectivity index (χ4n) is 1.43. The van der Waals surface area contributed by atoms with E-state index in [1.165, 1.54) is 6.07 Å². The molecule has 1 atom stereocenters. The summed E-state index contributed by atoms with van der Waals surface area (Å²) in [5.74, 6) is -0.197. The highest BCUT2D eigenvalue weighted by Crippen LogP contribution is 2.22. The molecule has 1 aromatic heterocycles. The van der Waals surface area contributed by atoms with Gasteiger partial charge >= 0.3 is 0 Å². The molecule has 16 heavy (non-hydrogen) atoms. The highest BCUT2D eigenvalue weighted by Gasteiger charge is 2.05. The molecule has 0 aliphatic carbocycles. The number of halogens is 1. The van der Waals surface area contributed by atoms with E-state index in [-0.39, 0.29) is 5.82 Å². The molecule has 0 bridgehead atoms. The van der Waals surface area contributed by atoms with E-state index >= 15 is 0 Å². The van der Waals surface area contributed by atoms with Crippen molar-refractivity contribution < 1.29 is 4.39 Å². The van der Waals surface area contributed by atoms with E-state index in [1.54, 1.807) is 23.5 Å². The van der Waals surface area contributed by atoms with Crippen molar-refractivity contribution in [3.05, 3.63) is 29.0 Å². The second-order valence-corrected chi connectivity index (χ2v) is 5.03. The van der Waals surface area contributed by atoms with Gasteiger partial charge in [0.2, 0.25) is 0 Å². The van der Waals surface area contributed by atoms with Crippen molar-refractivity contribution in [2.24, 2.45) is 0 Å². The summed E-state index contributed by atoms with van der Waals surface area (Å²) >= 11 is 1.55. The number of fused-ring (bicyclic) bond motifs is 1. The van der Waals surface area contributed by atoms with Crippen LogP contribution in [-0.4, -0.2) is 11.0 Å². The standard InChI is InChI=1S/C12H15FN2S/c1-3-8(2)14-7-12-15-10-5-4-9(13)6-11(10)16-12/h4-6,8,14H,3,7H2,1-2H3. The molecule has 0 saturated carbocycles. The van der Waals surface area contributed by atoms with Crippen LogP contribution in [0, 0.1) is 5.82 Å². The molecule has 1 heterocycles. The molecular weight excluding hydrogens is 223 g/mol. The van der Waals surface area contributed by atoms with Gasteiger partial charge in [-0.1, -0.05) is 6.92 Å². The van der Waals surface area contributed by atoms with Crippen LogP contribution in [0.1, 0.15) is 25.3 Å². The molecule has 2 aromatic rings. The molecule has 2 rings (SSSR count). The summed E-state index contributed by atoms with van der Waals surface area (Å²) < 4.78 is 13.9. The summed E-state index contributed by atoms with van der Waals surface area (Å²) in [6.07, 6.45) is 1.10. The Kier molecular flexibility index (Phi) is 3.51. The van der Waals surface area contributed by atoms with Crippen LogP contribution < -0.4 is 5.32 Å². The Morgan fingerprint density at radius 2 is 2.31 bits per heavy atom. The minimum absolute atomic E-state index is 0.197. The van der Waals surface area contributed by atoms with Crippen molar-refractivity contribution in [3.63, 3.8) is 0 Å². The minimum Gasteiger partial charge on any atom is -0.308 e. The topological polar surface area (TPSA) is 24.9 Å². The van der Waals surface area contributed by atoms with Crippen LogP contribution in [-0.2, 0) is 6.54 Å². The van der Waals surface area contributed by atoms with Crippen LogP contribution in [0.15, 0.2) is 18.2 Å². The molecule has 1 unspecified atom stereocenters. The molecular formula is C12H15FN2S. The normalized spacial score (nSPS) is 13.2. The predicted octanol–water partition coefficient (Wildman–Crippen LogP) is 3.32. The Morgan fingerprint density at radius 1 is 1.50 bits per heavy atom. The van der Waals surface area contributed by atoms with E-state index in [2.05, 4.69) is 24.1 Å². The molecule has 0 spiro atoms. The van der Waals surface area contributed by atoms with Crippen LogP contribution in [0.5, 0.6) is 0 Å². The summed E-state index contributed by atoms with van der Waals surface area (Å²) in [5, 5.41) is 4.39. The van der Waals surface area contributed by atoms with Crippen LogP contribution >= 0.6 is 11.3 Å². The third-order valence-corrected chi connectivity index (χ3v) is 3.63. The molecule has 1 aromatic carbocycles. The molecule has 0 aliphatic rings. The molecule has 0 fully saturated rings. The first-order chi connectivity index (χ1) is 7.69. The van der Waals surface area contributed by atoms with Gasteiger partial charge in [-0.25, -0.2) is 9.37 Å². The zero-order chi connectivity index (χ0) is 11.5. The summed E-state index contributed by atoms with van der Waals surface area (Å²) in [4.78, 5) is 4.45. The summed E-state index contributed by atoms with van der Waals surface area (Å²) in [5.41, 5.74) is 0.882. The number of aromatic nitrogens is 1. The second kappa shape index (κ2) is 4.89. The summed E-state index contributed by atoms with van der Waals surface area (Å²) in [6.45, 7) is 5.05. The fourth-order valence-corrected chi connectivity index (χ4v) is 2.37. The van der Waals surface area contributed by atoms with Crippen molar-refractivity contribution in [1.29, 1.82) is 0 Å². The van der Waals surface area contributed by atoms with E-state index in [9.17, 15) is 4.39 Å². The van der Waals surface area contributed by atoms with Gasteiger partial charge < -0.3 is 5.32 Å². The van der Waals surface area contributed by atoms with Crippen molar-refractivity contribution in [2.75, 3.05) is 0 Å². The molecule has 0 amide bonds. The Morgan fingerprint density at radius 3 is 3.06 bits per heavy atom. The van der Waals surface area contributed by atoms with E-state index in [0.29, 0.717) is 6.04 Å². The van der Waals surface area contributed by atoms with Crippen molar-refractivity contribution in [1.82, 2.24) is 10.3 Å². The highest BCUT2D eigenvalue weighted by molar-refractivity contribution is 7.18. The van der Waals surface area contributed by atoms with Crippen molar-refractivity contribution in [3.8, 4) is 0 Å². The molecule has 1 N–H and O–H groups in total. The van der Waals surface area contributed by atoms with Crippen LogP contribution in [0.25, 0.3) is 10.2 Å². The number of rotatable bonds is 4. The first kappa shape index (κ1) is 11.5. The quantitative estimate of drug-likeness (QED) is 0.883. The van der Waals surface area contributed by atoms with Crippen molar-refractivity contribution in [2.45, 2.75) is 32.9 Å². The maximum absolute atomic E-state index is 13.0. The van der Waals surface area contributed by atoms with E-state index in [4.69, 9.17) is 0 Å². The highest BCUT2D eigenvalue weighted by atomic mass is 32.1. The Bertz CT molecular complexity index is 481. The fraction of sp³-hybridized carbons (Fsp3) is 0.417. The average Bonchev–Trinajstić information content (AvgIpc) is 2.67. The smallest absolute Gasteiger partial charge is 0.124 e. The summed E-state index contributed by atoms with van der Waals surface area (Å²) in [7, 11) is 0. The maximum Gasteiger partial charge on any atom is 0.124 e. The lowest BCUT2D eigenvalue weighted by molar-refractivity contribution is 0.533. The van der Waals surface area contributed by atoms with E-state index in [1.807, 2.05) is 0 Å². The van der Waals surface area contributed by atoms with Gasteiger partial charge in [0.05, 0.1) is 10.2 Å². The number of nitrogens with one attached hydrogen (secondary N) is 1. The van der Waals surface area contributed by atoms with Gasteiger partial charge in [-0.3, -0.25) is 0 Å². The van der Waals surface area contributed by atoms with Gasteiger partial charge in [0.25, 0.3) is 0 Å². The SMILES string of the molecule is CCC(C)NCc1nc2ccc(F)cc2s1. The number of benzene rings is 1. The molecule has 0 saturated heterocycles. The van der Waals surface area contributed by atoms with Crippen molar-refractivity contribution >= 4 is 21.6 Å². The number of thiazole rings is 1. The Balaban J connectivity index is 2.13. The van der Waals surface area contributed by atoms with Gasteiger partial charge in [0.15, 0.2) is 0 Å². The maximum atomic E-state index is 13.0. The van der Waals surface area contributed by atoms with Crippen LogP contribution in [0.4, 0.5) is 4.39 Å². The van der Waals surface area contributed by atoms with Gasteiger partial charge in [-0.2, -0.15) is 0 Å². The van der Waals surface area contributed by atoms with Gasteiger partial charge in [-0.05, 0) is 31.5 Å². The minimum atomic E-state index is -0.197. The Hall–Kier alpha value is -1.000. The zero-order valence-corrected chi connectivity index (χ0v) is 10.3. The molecule has 4 heteroatoms. The molecule has 2 nitrogen and oxygen atoms in total. The van der Waals surface area contributed by atoms with E-state index < -0.39 is 0 Å². The third-order valence-electron chi connectivity index (χ3n) is 2.61. The van der Waals surface area contributed by atoms with Crippen LogP contribution in [0.2, 0.25) is 0 Å². The first-order valence-corrected chi connectivity index (χ1v) is 6.29. The van der Waals surface area contributed by atoms with Gasteiger partial charge in [-0.15, -0.1) is 11.3 Å². The largest absolute Gasteiger partial charge is 0.308 e. The third kappa shape index (κ3) is 2.57. The molecule has 86 valence electrons. The lowest BCUT2D eigenvalue weighted by Crippen LogP contribution is -2.24. The molecule has 0 aliphatic heterocycles. The number of nitrogens with zero attached hydrogens (tertiary/aromatic N) is 1. The second-order valence-electron chi connectivity index (χ2n) is 3.91. The zero-order valence-electron chi connectivity index (χ0n) is 9.46. The Labute approximate surface area is 98.5 Å². The first-order valence-electron chi connectivity index (χ1n) is 5.47. The van der Waals surface area contributed by atoms with Gasteiger partial charge in [0.1, 0.15) is 10.8 Å². The van der Waals surface area contributed by atoms with Gasteiger partial charge in [0, 0.05) is 12.6 Å². The van der Waals surface area contributed by atoms with Crippen LogP contribution in [0.3, 0.4) is 0 Å². The number of hydrogen-bond acceptors (Lipinski definition) is 3. The summed E-state index contributed by atoms with van der Waals surface area (Å²) in [6, 6.07) is 5.21. The lowest BCUT2D eigenvalue weighted by atomic mass is 10.3. The average molecular weight is 238 g/mol. The number of hydrogen-bond donors (Lipinski definition) is 1. The predicted molar refractivity (Wildman–Crippen MR) is 66.2 cm³/mol. The monoisotopic (exact) mass is 238 g/mol.